The quantitative estimate of drug-likeness (QED) is 0.355. The number of hydrogen-bond donors (Lipinski definition) is 0. The van der Waals surface area contributed by atoms with E-state index in [0.717, 1.165) is 0 Å². The lowest BCUT2D eigenvalue weighted by atomic mass is 10.1. The lowest BCUT2D eigenvalue weighted by Gasteiger charge is -2.17. The number of ether oxygens (including phenoxy) is 1. The van der Waals surface area contributed by atoms with Crippen LogP contribution in [-0.4, -0.2) is 23.1 Å². The first-order valence-electron chi connectivity index (χ1n) is 6.08. The minimum Gasteiger partial charge on any atom is -0.451 e. The van der Waals surface area contributed by atoms with Crippen molar-refractivity contribution >= 4 is 17.7 Å². The SMILES string of the molecule is CCCC(F)(F)CCCSC(CC)OC(C)=O. The van der Waals surface area contributed by atoms with E-state index in [4.69, 9.17) is 4.74 Å². The Morgan fingerprint density at radius 1 is 1.35 bits per heavy atom. The Hall–Kier alpha value is -0.320. The highest BCUT2D eigenvalue weighted by Crippen LogP contribution is 2.27. The van der Waals surface area contributed by atoms with Gasteiger partial charge in [0, 0.05) is 19.8 Å². The third-order valence-electron chi connectivity index (χ3n) is 2.24. The summed E-state index contributed by atoms with van der Waals surface area (Å²) in [5.41, 5.74) is -0.202. The second-order valence-corrected chi connectivity index (χ2v) is 5.29. The van der Waals surface area contributed by atoms with E-state index in [0.29, 0.717) is 25.0 Å². The summed E-state index contributed by atoms with van der Waals surface area (Å²) in [4.78, 5) is 10.7. The molecule has 5 heteroatoms. The van der Waals surface area contributed by atoms with Crippen molar-refractivity contribution in [3.63, 3.8) is 0 Å². The van der Waals surface area contributed by atoms with Crippen LogP contribution in [0.15, 0.2) is 0 Å². The number of rotatable bonds is 9. The second-order valence-electron chi connectivity index (χ2n) is 4.03. The van der Waals surface area contributed by atoms with Crippen molar-refractivity contribution in [1.82, 2.24) is 0 Å². The molecule has 2 nitrogen and oxygen atoms in total. The standard InChI is InChI=1S/C12H22F2O2S/c1-4-7-12(13,14)8-6-9-17-11(5-2)16-10(3)15/h11H,4-9H2,1-3H3. The Balaban J connectivity index is 3.71. The van der Waals surface area contributed by atoms with E-state index >= 15 is 0 Å². The molecule has 0 radical (unpaired) electrons. The summed E-state index contributed by atoms with van der Waals surface area (Å²) in [6.45, 7) is 5.03. The van der Waals surface area contributed by atoms with Gasteiger partial charge in [-0.05, 0) is 18.6 Å². The minimum atomic E-state index is -2.54. The number of hydrogen-bond acceptors (Lipinski definition) is 3. The van der Waals surface area contributed by atoms with E-state index in [-0.39, 0.29) is 24.2 Å². The fourth-order valence-electron chi connectivity index (χ4n) is 1.46. The van der Waals surface area contributed by atoms with E-state index in [9.17, 15) is 13.6 Å². The van der Waals surface area contributed by atoms with Crippen LogP contribution >= 0.6 is 11.8 Å². The van der Waals surface area contributed by atoms with Crippen LogP contribution in [0.5, 0.6) is 0 Å². The van der Waals surface area contributed by atoms with Crippen LogP contribution in [-0.2, 0) is 9.53 Å². The van der Waals surface area contributed by atoms with Crippen LogP contribution in [0.1, 0.15) is 52.9 Å². The first kappa shape index (κ1) is 16.7. The first-order valence-corrected chi connectivity index (χ1v) is 7.12. The zero-order chi connectivity index (χ0) is 13.3. The predicted molar refractivity (Wildman–Crippen MR) is 67.4 cm³/mol. The smallest absolute Gasteiger partial charge is 0.303 e. The molecule has 0 aliphatic heterocycles. The molecular weight excluding hydrogens is 246 g/mol. The first-order chi connectivity index (χ1) is 7.91. The van der Waals surface area contributed by atoms with Gasteiger partial charge in [0.2, 0.25) is 5.92 Å². The Bertz CT molecular complexity index is 223. The van der Waals surface area contributed by atoms with Crippen molar-refractivity contribution in [2.24, 2.45) is 0 Å². The van der Waals surface area contributed by atoms with Gasteiger partial charge in [-0.1, -0.05) is 20.3 Å². The van der Waals surface area contributed by atoms with E-state index in [1.54, 1.807) is 6.92 Å². The summed E-state index contributed by atoms with van der Waals surface area (Å²) in [5.74, 6) is -2.26. The number of carbonyl (C=O) groups is 1. The van der Waals surface area contributed by atoms with Crippen LogP contribution in [0.3, 0.4) is 0 Å². The normalized spacial score (nSPS) is 13.5. The van der Waals surface area contributed by atoms with Crippen molar-refractivity contribution in [1.29, 1.82) is 0 Å². The summed E-state index contributed by atoms with van der Waals surface area (Å²) in [5, 5.41) is 0. The van der Waals surface area contributed by atoms with Gasteiger partial charge in [0.25, 0.3) is 0 Å². The topological polar surface area (TPSA) is 26.3 Å². The van der Waals surface area contributed by atoms with Gasteiger partial charge in [0.15, 0.2) is 0 Å². The maximum absolute atomic E-state index is 13.1. The third-order valence-corrected chi connectivity index (χ3v) is 3.56. The Morgan fingerprint density at radius 3 is 2.47 bits per heavy atom. The molecule has 0 saturated heterocycles. The van der Waals surface area contributed by atoms with Crippen molar-refractivity contribution in [3.05, 3.63) is 0 Å². The molecule has 0 aromatic rings. The summed E-state index contributed by atoms with van der Waals surface area (Å²) < 4.78 is 31.3. The highest BCUT2D eigenvalue weighted by Gasteiger charge is 2.26. The molecule has 0 amide bonds. The van der Waals surface area contributed by atoms with Gasteiger partial charge in [0.05, 0.1) is 0 Å². The number of carbonyl (C=O) groups excluding carboxylic acids is 1. The molecule has 0 aliphatic carbocycles. The molecule has 0 aromatic heterocycles. The fourth-order valence-corrected chi connectivity index (χ4v) is 2.47. The van der Waals surface area contributed by atoms with Crippen molar-refractivity contribution in [3.8, 4) is 0 Å². The van der Waals surface area contributed by atoms with Gasteiger partial charge in [0.1, 0.15) is 5.44 Å². The molecule has 0 fully saturated rings. The van der Waals surface area contributed by atoms with Gasteiger partial charge in [-0.25, -0.2) is 8.78 Å². The zero-order valence-corrected chi connectivity index (χ0v) is 11.6. The molecular formula is C12H22F2O2S. The van der Waals surface area contributed by atoms with Crippen LogP contribution in [0.25, 0.3) is 0 Å². The van der Waals surface area contributed by atoms with Gasteiger partial charge in [-0.15, -0.1) is 11.8 Å². The van der Waals surface area contributed by atoms with Gasteiger partial charge in [-0.3, -0.25) is 4.79 Å². The Morgan fingerprint density at radius 2 is 2.00 bits per heavy atom. The maximum atomic E-state index is 13.1. The average Bonchev–Trinajstić information content (AvgIpc) is 2.22. The lowest BCUT2D eigenvalue weighted by Crippen LogP contribution is -2.16. The Kier molecular flexibility index (Phi) is 8.56. The number of alkyl halides is 2. The molecule has 0 aliphatic rings. The van der Waals surface area contributed by atoms with E-state index in [1.807, 2.05) is 6.92 Å². The maximum Gasteiger partial charge on any atom is 0.303 e. The highest BCUT2D eigenvalue weighted by molar-refractivity contribution is 7.99. The van der Waals surface area contributed by atoms with Gasteiger partial charge in [-0.2, -0.15) is 0 Å². The molecule has 102 valence electrons. The molecule has 0 bridgehead atoms. The predicted octanol–water partition coefficient (Wildman–Crippen LogP) is 4.23. The minimum absolute atomic E-state index is 0.0428. The molecule has 0 heterocycles. The van der Waals surface area contributed by atoms with Crippen LogP contribution in [0, 0.1) is 0 Å². The van der Waals surface area contributed by atoms with E-state index < -0.39 is 5.92 Å². The molecule has 17 heavy (non-hydrogen) atoms. The molecule has 0 N–H and O–H groups in total. The van der Waals surface area contributed by atoms with E-state index in [2.05, 4.69) is 0 Å². The van der Waals surface area contributed by atoms with Crippen LogP contribution in [0.2, 0.25) is 0 Å². The number of esters is 1. The second kappa shape index (κ2) is 8.72. The fraction of sp³-hybridized carbons (Fsp3) is 0.917. The van der Waals surface area contributed by atoms with Crippen LogP contribution in [0.4, 0.5) is 8.78 Å². The molecule has 1 atom stereocenters. The molecule has 0 rings (SSSR count). The third kappa shape index (κ3) is 9.39. The number of halogens is 2. The van der Waals surface area contributed by atoms with Crippen molar-refractivity contribution in [2.45, 2.75) is 64.2 Å². The van der Waals surface area contributed by atoms with Crippen LogP contribution < -0.4 is 0 Å². The summed E-state index contributed by atoms with van der Waals surface area (Å²) in [7, 11) is 0. The Labute approximate surface area is 106 Å². The van der Waals surface area contributed by atoms with Crippen molar-refractivity contribution < 1.29 is 18.3 Å². The molecule has 0 saturated carbocycles. The summed E-state index contributed by atoms with van der Waals surface area (Å²) in [6.07, 6.45) is 1.54. The van der Waals surface area contributed by atoms with Gasteiger partial charge >= 0.3 is 5.97 Å². The lowest BCUT2D eigenvalue weighted by molar-refractivity contribution is -0.142. The van der Waals surface area contributed by atoms with Gasteiger partial charge < -0.3 is 4.74 Å². The van der Waals surface area contributed by atoms with E-state index in [1.165, 1.54) is 18.7 Å². The average molecular weight is 268 g/mol. The zero-order valence-electron chi connectivity index (χ0n) is 10.8. The summed E-state index contributed by atoms with van der Waals surface area (Å²) >= 11 is 1.43. The molecule has 1 unspecified atom stereocenters. The number of thioether (sulfide) groups is 1. The monoisotopic (exact) mass is 268 g/mol. The molecule has 0 spiro atoms. The molecule has 0 aromatic carbocycles. The largest absolute Gasteiger partial charge is 0.451 e. The summed E-state index contributed by atoms with van der Waals surface area (Å²) in [6, 6.07) is 0. The van der Waals surface area contributed by atoms with Crippen molar-refractivity contribution in [2.75, 3.05) is 5.75 Å². The highest BCUT2D eigenvalue weighted by atomic mass is 32.2.